The standard InChI is InChI=1S/C27H41N5O3S2/c1-3-28-26(36)31(13-12-30-14-16-35-17-15-30)20-25-19-29-27(32(25)24-10-5-4-6-11-24)37(33,34)21-23-9-7-8-22(2)18-23/h7-9,18-19,24H,3-6,10-17,20-21H2,1-2H3,(H,28,36). The number of hydrogen-bond donors (Lipinski definition) is 1. The van der Waals surface area contributed by atoms with Crippen LogP contribution >= 0.6 is 12.2 Å². The van der Waals surface area contributed by atoms with E-state index in [9.17, 15) is 8.42 Å². The maximum absolute atomic E-state index is 13.7. The van der Waals surface area contributed by atoms with Crippen LogP contribution in [0.4, 0.5) is 0 Å². The summed E-state index contributed by atoms with van der Waals surface area (Å²) in [5.74, 6) is -0.0472. The Balaban J connectivity index is 1.61. The highest BCUT2D eigenvalue weighted by Gasteiger charge is 2.30. The van der Waals surface area contributed by atoms with Crippen LogP contribution in [0.15, 0.2) is 35.6 Å². The van der Waals surface area contributed by atoms with Crippen molar-refractivity contribution in [2.75, 3.05) is 45.9 Å². The normalized spacial score (nSPS) is 17.6. The van der Waals surface area contributed by atoms with Crippen molar-refractivity contribution in [1.29, 1.82) is 0 Å². The van der Waals surface area contributed by atoms with Gasteiger partial charge in [-0.05, 0) is 44.5 Å². The van der Waals surface area contributed by atoms with E-state index in [0.29, 0.717) is 11.7 Å². The average molecular weight is 548 g/mol. The first-order chi connectivity index (χ1) is 17.9. The van der Waals surface area contributed by atoms with Gasteiger partial charge in [-0.15, -0.1) is 0 Å². The lowest BCUT2D eigenvalue weighted by Crippen LogP contribution is -2.46. The summed E-state index contributed by atoms with van der Waals surface area (Å²) in [4.78, 5) is 9.09. The molecule has 0 atom stereocenters. The van der Waals surface area contributed by atoms with Crippen molar-refractivity contribution in [1.82, 2.24) is 24.7 Å². The molecule has 0 radical (unpaired) electrons. The van der Waals surface area contributed by atoms with Gasteiger partial charge in [-0.25, -0.2) is 13.4 Å². The van der Waals surface area contributed by atoms with Crippen LogP contribution in [0.1, 0.15) is 61.9 Å². The highest BCUT2D eigenvalue weighted by Crippen LogP contribution is 2.33. The fraction of sp³-hybridized carbons (Fsp3) is 0.630. The summed E-state index contributed by atoms with van der Waals surface area (Å²) in [7, 11) is -3.62. The van der Waals surface area contributed by atoms with E-state index in [1.165, 1.54) is 6.42 Å². The number of hydrogen-bond acceptors (Lipinski definition) is 6. The monoisotopic (exact) mass is 547 g/mol. The van der Waals surface area contributed by atoms with Crippen molar-refractivity contribution in [2.45, 2.75) is 69.4 Å². The molecule has 1 aromatic heterocycles. The van der Waals surface area contributed by atoms with Gasteiger partial charge >= 0.3 is 0 Å². The predicted octanol–water partition coefficient (Wildman–Crippen LogP) is 3.70. The quantitative estimate of drug-likeness (QED) is 0.451. The predicted molar refractivity (Wildman–Crippen MR) is 150 cm³/mol. The lowest BCUT2D eigenvalue weighted by Gasteiger charge is -2.32. The number of rotatable bonds is 10. The number of morpholine rings is 1. The summed E-state index contributed by atoms with van der Waals surface area (Å²) in [6.07, 6.45) is 7.12. The number of nitrogens with one attached hydrogen (secondary N) is 1. The summed E-state index contributed by atoms with van der Waals surface area (Å²) in [5, 5.41) is 4.18. The molecule has 0 amide bonds. The molecule has 0 spiro atoms. The SMILES string of the molecule is CCNC(=S)N(CCN1CCOCC1)Cc1cnc(S(=O)(=O)Cc2cccc(C)c2)n1C1CCCCC1. The van der Waals surface area contributed by atoms with Gasteiger partial charge in [0.2, 0.25) is 15.0 Å². The Hall–Kier alpha value is -2.01. The second kappa shape index (κ2) is 13.2. The first kappa shape index (κ1) is 28.0. The van der Waals surface area contributed by atoms with Crippen LogP contribution in [0, 0.1) is 6.92 Å². The van der Waals surface area contributed by atoms with Crippen LogP contribution in [0.25, 0.3) is 0 Å². The number of benzene rings is 1. The highest BCUT2D eigenvalue weighted by molar-refractivity contribution is 7.90. The molecule has 4 rings (SSSR count). The van der Waals surface area contributed by atoms with Gasteiger partial charge < -0.3 is 19.5 Å². The van der Waals surface area contributed by atoms with Crippen LogP contribution in [0.3, 0.4) is 0 Å². The fourth-order valence-electron chi connectivity index (χ4n) is 5.34. The summed E-state index contributed by atoms with van der Waals surface area (Å²) in [6, 6.07) is 7.85. The number of sulfone groups is 1. The van der Waals surface area contributed by atoms with Gasteiger partial charge in [0.05, 0.1) is 37.4 Å². The number of ether oxygens (including phenoxy) is 1. The molecular formula is C27H41N5O3S2. The number of thiocarbonyl (C=S) groups is 1. The summed E-state index contributed by atoms with van der Waals surface area (Å²) >= 11 is 5.74. The van der Waals surface area contributed by atoms with Crippen molar-refractivity contribution in [3.05, 3.63) is 47.3 Å². The number of imidazole rings is 1. The molecule has 2 aromatic rings. The molecular weight excluding hydrogens is 506 g/mol. The van der Waals surface area contributed by atoms with Gasteiger partial charge in [-0.1, -0.05) is 49.1 Å². The maximum Gasteiger partial charge on any atom is 0.228 e. The molecule has 2 aliphatic rings. The van der Waals surface area contributed by atoms with Crippen LogP contribution < -0.4 is 5.32 Å². The van der Waals surface area contributed by atoms with E-state index in [4.69, 9.17) is 17.0 Å². The van der Waals surface area contributed by atoms with E-state index >= 15 is 0 Å². The van der Waals surface area contributed by atoms with Gasteiger partial charge in [0.1, 0.15) is 0 Å². The van der Waals surface area contributed by atoms with Crippen molar-refractivity contribution in [3.63, 3.8) is 0 Å². The molecule has 1 saturated heterocycles. The number of nitrogens with zero attached hydrogens (tertiary/aromatic N) is 4. The molecule has 2 fully saturated rings. The van der Waals surface area contributed by atoms with Gasteiger partial charge in [-0.2, -0.15) is 0 Å². The largest absolute Gasteiger partial charge is 0.379 e. The average Bonchev–Trinajstić information content (AvgIpc) is 3.32. The first-order valence-electron chi connectivity index (χ1n) is 13.5. The Morgan fingerprint density at radius 1 is 1.22 bits per heavy atom. The van der Waals surface area contributed by atoms with Crippen LogP contribution in [-0.2, 0) is 26.9 Å². The molecule has 2 heterocycles. The topological polar surface area (TPSA) is 79.7 Å². The molecule has 1 aliphatic carbocycles. The summed E-state index contributed by atoms with van der Waals surface area (Å²) < 4.78 is 34.9. The van der Waals surface area contributed by atoms with E-state index < -0.39 is 9.84 Å². The smallest absolute Gasteiger partial charge is 0.228 e. The minimum atomic E-state index is -3.62. The van der Waals surface area contributed by atoms with E-state index in [1.54, 1.807) is 6.20 Å². The molecule has 1 saturated carbocycles. The van der Waals surface area contributed by atoms with Crippen LogP contribution in [-0.4, -0.2) is 78.8 Å². The van der Waals surface area contributed by atoms with Gasteiger partial charge in [0.25, 0.3) is 0 Å². The summed E-state index contributed by atoms with van der Waals surface area (Å²) in [5.41, 5.74) is 2.76. The lowest BCUT2D eigenvalue weighted by molar-refractivity contribution is 0.0356. The zero-order chi connectivity index (χ0) is 26.3. The van der Waals surface area contributed by atoms with Crippen LogP contribution in [0.2, 0.25) is 0 Å². The Kier molecular flexibility index (Phi) is 9.97. The molecule has 204 valence electrons. The van der Waals surface area contributed by atoms with Gasteiger partial charge in [-0.3, -0.25) is 4.90 Å². The third-order valence-electron chi connectivity index (χ3n) is 7.25. The van der Waals surface area contributed by atoms with E-state index in [-0.39, 0.29) is 17.0 Å². The lowest BCUT2D eigenvalue weighted by atomic mass is 9.95. The molecule has 37 heavy (non-hydrogen) atoms. The van der Waals surface area contributed by atoms with E-state index in [1.807, 2.05) is 42.7 Å². The van der Waals surface area contributed by atoms with Gasteiger partial charge in [0.15, 0.2) is 5.11 Å². The third kappa shape index (κ3) is 7.52. The Bertz CT molecular complexity index is 1140. The fourth-order valence-corrected chi connectivity index (χ4v) is 7.16. The maximum atomic E-state index is 13.7. The van der Waals surface area contributed by atoms with Crippen molar-refractivity contribution in [3.8, 4) is 0 Å². The van der Waals surface area contributed by atoms with Crippen molar-refractivity contribution >= 4 is 27.2 Å². The third-order valence-corrected chi connectivity index (χ3v) is 9.23. The number of aromatic nitrogens is 2. The minimum Gasteiger partial charge on any atom is -0.379 e. The second-order valence-corrected chi connectivity index (χ2v) is 12.4. The highest BCUT2D eigenvalue weighted by atomic mass is 32.2. The molecule has 0 bridgehead atoms. The summed E-state index contributed by atoms with van der Waals surface area (Å²) in [6.45, 7) is 10.3. The zero-order valence-corrected chi connectivity index (χ0v) is 23.8. The molecule has 1 aliphatic heterocycles. The van der Waals surface area contributed by atoms with Crippen molar-refractivity contribution in [2.24, 2.45) is 0 Å². The molecule has 1 N–H and O–H groups in total. The minimum absolute atomic E-state index is 0.0472. The Labute approximate surface area is 227 Å². The first-order valence-corrected chi connectivity index (χ1v) is 15.6. The Morgan fingerprint density at radius 2 is 1.97 bits per heavy atom. The van der Waals surface area contributed by atoms with E-state index in [0.717, 1.165) is 88.4 Å². The second-order valence-electron chi connectivity index (χ2n) is 10.2. The zero-order valence-electron chi connectivity index (χ0n) is 22.2. The van der Waals surface area contributed by atoms with Crippen LogP contribution in [0.5, 0.6) is 0 Å². The van der Waals surface area contributed by atoms with E-state index in [2.05, 4.69) is 20.1 Å². The number of aryl methyl sites for hydroxylation is 1. The molecule has 0 unspecified atom stereocenters. The Morgan fingerprint density at radius 3 is 2.68 bits per heavy atom. The molecule has 8 nitrogen and oxygen atoms in total. The van der Waals surface area contributed by atoms with Crippen molar-refractivity contribution < 1.29 is 13.2 Å². The van der Waals surface area contributed by atoms with Gasteiger partial charge in [0, 0.05) is 38.8 Å². The molecule has 1 aromatic carbocycles. The molecule has 10 heteroatoms.